The number of likely N-dealkylation sites (tertiary alicyclic amines) is 1. The summed E-state index contributed by atoms with van der Waals surface area (Å²) in [7, 11) is 1.97. The Bertz CT molecular complexity index is 1140. The number of nitrogens with zero attached hydrogens (tertiary/aromatic N) is 5. The molecule has 1 saturated heterocycles. The highest BCUT2D eigenvalue weighted by Crippen LogP contribution is 2.34. The first-order valence-electron chi connectivity index (χ1n) is 10.3. The highest BCUT2D eigenvalue weighted by Gasteiger charge is 2.26. The van der Waals surface area contributed by atoms with Gasteiger partial charge in [0.15, 0.2) is 5.16 Å². The minimum absolute atomic E-state index is 0.176. The van der Waals surface area contributed by atoms with E-state index in [9.17, 15) is 4.79 Å². The van der Waals surface area contributed by atoms with Gasteiger partial charge in [0.05, 0.1) is 21.0 Å². The van der Waals surface area contributed by atoms with E-state index in [1.807, 2.05) is 28.6 Å². The fourth-order valence-electron chi connectivity index (χ4n) is 3.85. The fraction of sp³-hybridized carbons (Fsp3) is 0.364. The van der Waals surface area contributed by atoms with Gasteiger partial charge in [-0.15, -0.1) is 32.9 Å². The summed E-state index contributed by atoms with van der Waals surface area (Å²) in [6.45, 7) is 1.59. The average molecular weight is 470 g/mol. The lowest BCUT2D eigenvalue weighted by atomic mass is 9.97. The quantitative estimate of drug-likeness (QED) is 0.387. The second-order valence-corrected chi connectivity index (χ2v) is 10.7. The number of para-hydroxylation sites is 1. The molecule has 6 nitrogen and oxygen atoms in total. The van der Waals surface area contributed by atoms with Crippen molar-refractivity contribution in [2.45, 2.75) is 30.3 Å². The highest BCUT2D eigenvalue weighted by atomic mass is 32.2. The molecular weight excluding hydrogens is 446 g/mol. The van der Waals surface area contributed by atoms with Crippen LogP contribution < -0.4 is 0 Å². The van der Waals surface area contributed by atoms with Crippen LogP contribution in [0.5, 0.6) is 0 Å². The van der Waals surface area contributed by atoms with Crippen molar-refractivity contribution in [3.05, 3.63) is 57.5 Å². The lowest BCUT2D eigenvalue weighted by Crippen LogP contribution is -2.39. The molecule has 4 heterocycles. The minimum atomic E-state index is 0.176. The maximum Gasteiger partial charge on any atom is 0.233 e. The predicted molar refractivity (Wildman–Crippen MR) is 127 cm³/mol. The minimum Gasteiger partial charge on any atom is -0.342 e. The van der Waals surface area contributed by atoms with Crippen LogP contribution in [0.2, 0.25) is 0 Å². The Kier molecular flexibility index (Phi) is 6.06. The van der Waals surface area contributed by atoms with E-state index in [2.05, 4.69) is 39.8 Å². The van der Waals surface area contributed by atoms with Crippen molar-refractivity contribution >= 4 is 50.6 Å². The third-order valence-corrected chi connectivity index (χ3v) is 8.75. The molecule has 0 saturated carbocycles. The smallest absolute Gasteiger partial charge is 0.233 e. The first-order chi connectivity index (χ1) is 15.2. The van der Waals surface area contributed by atoms with E-state index < -0.39 is 0 Å². The molecule has 31 heavy (non-hydrogen) atoms. The summed E-state index contributed by atoms with van der Waals surface area (Å²) in [6, 6.07) is 12.4. The van der Waals surface area contributed by atoms with Crippen LogP contribution in [0.25, 0.3) is 10.2 Å². The molecule has 0 spiro atoms. The van der Waals surface area contributed by atoms with Crippen LogP contribution in [0, 0.1) is 0 Å². The van der Waals surface area contributed by atoms with Gasteiger partial charge in [0, 0.05) is 37.4 Å². The molecule has 0 N–H and O–H groups in total. The molecule has 5 rings (SSSR count). The Hall–Kier alpha value is -2.23. The predicted octanol–water partition coefficient (Wildman–Crippen LogP) is 4.58. The number of thiophene rings is 1. The molecule has 1 fully saturated rings. The van der Waals surface area contributed by atoms with Crippen molar-refractivity contribution in [1.29, 1.82) is 0 Å². The van der Waals surface area contributed by atoms with E-state index in [1.54, 1.807) is 22.7 Å². The average Bonchev–Trinajstić information content (AvgIpc) is 3.54. The van der Waals surface area contributed by atoms with Crippen LogP contribution in [-0.4, -0.2) is 49.4 Å². The highest BCUT2D eigenvalue weighted by molar-refractivity contribution is 7.99. The Morgan fingerprint density at radius 2 is 2.00 bits per heavy atom. The van der Waals surface area contributed by atoms with Crippen molar-refractivity contribution in [2.24, 2.45) is 7.05 Å². The number of hydrogen-bond acceptors (Lipinski definition) is 7. The van der Waals surface area contributed by atoms with Gasteiger partial charge in [-0.25, -0.2) is 4.98 Å². The van der Waals surface area contributed by atoms with Crippen LogP contribution in [-0.2, 0) is 18.3 Å². The number of amides is 1. The lowest BCUT2D eigenvalue weighted by Gasteiger charge is -2.31. The van der Waals surface area contributed by atoms with Gasteiger partial charge in [0.1, 0.15) is 5.82 Å². The molecule has 1 amide bonds. The van der Waals surface area contributed by atoms with E-state index in [4.69, 9.17) is 4.98 Å². The number of hydrogen-bond donors (Lipinski definition) is 0. The van der Waals surface area contributed by atoms with Crippen LogP contribution in [0.15, 0.2) is 46.9 Å². The van der Waals surface area contributed by atoms with Gasteiger partial charge < -0.3 is 9.47 Å². The van der Waals surface area contributed by atoms with Gasteiger partial charge in [0.2, 0.25) is 5.91 Å². The van der Waals surface area contributed by atoms with Crippen molar-refractivity contribution in [3.63, 3.8) is 0 Å². The van der Waals surface area contributed by atoms with Gasteiger partial charge in [-0.2, -0.15) is 0 Å². The zero-order chi connectivity index (χ0) is 21.2. The molecule has 0 aliphatic carbocycles. The molecule has 0 atom stereocenters. The molecule has 4 aromatic rings. The maximum absolute atomic E-state index is 12.8. The first-order valence-corrected chi connectivity index (χ1v) is 13.0. The molecule has 1 aromatic carbocycles. The van der Waals surface area contributed by atoms with Crippen LogP contribution >= 0.6 is 34.4 Å². The maximum atomic E-state index is 12.8. The SMILES string of the molecule is Cn1c(Cc2cccs2)nnc1SCC(=O)N1CCC(c2nc3ccccc3s2)CC1. The number of thiazole rings is 1. The number of carbonyl (C=O) groups excluding carboxylic acids is 1. The number of thioether (sulfide) groups is 1. The van der Waals surface area contributed by atoms with Crippen LogP contribution in [0.1, 0.15) is 34.5 Å². The fourth-order valence-corrected chi connectivity index (χ4v) is 6.52. The summed E-state index contributed by atoms with van der Waals surface area (Å²) in [4.78, 5) is 20.8. The largest absolute Gasteiger partial charge is 0.342 e. The summed E-state index contributed by atoms with van der Waals surface area (Å²) in [6.07, 6.45) is 2.73. The number of fused-ring (bicyclic) bond motifs is 1. The van der Waals surface area contributed by atoms with Crippen molar-refractivity contribution < 1.29 is 4.79 Å². The van der Waals surface area contributed by atoms with E-state index in [0.717, 1.165) is 48.8 Å². The Morgan fingerprint density at radius 3 is 2.77 bits per heavy atom. The summed E-state index contributed by atoms with van der Waals surface area (Å²) in [5.74, 6) is 1.95. The zero-order valence-corrected chi connectivity index (χ0v) is 19.7. The normalized spacial score (nSPS) is 15.1. The molecule has 1 aliphatic rings. The summed E-state index contributed by atoms with van der Waals surface area (Å²) < 4.78 is 3.24. The van der Waals surface area contributed by atoms with Crippen LogP contribution in [0.4, 0.5) is 0 Å². The second-order valence-electron chi connectivity index (χ2n) is 7.68. The van der Waals surface area contributed by atoms with Gasteiger partial charge in [-0.3, -0.25) is 4.79 Å². The summed E-state index contributed by atoms with van der Waals surface area (Å²) in [5.41, 5.74) is 1.08. The molecule has 1 aliphatic heterocycles. The monoisotopic (exact) mass is 469 g/mol. The van der Waals surface area contributed by atoms with Gasteiger partial charge in [-0.05, 0) is 36.4 Å². The number of benzene rings is 1. The second kappa shape index (κ2) is 9.10. The Morgan fingerprint density at radius 1 is 1.16 bits per heavy atom. The van der Waals surface area contributed by atoms with Gasteiger partial charge >= 0.3 is 0 Å². The van der Waals surface area contributed by atoms with E-state index in [1.165, 1.54) is 26.3 Å². The van der Waals surface area contributed by atoms with Crippen molar-refractivity contribution in [3.8, 4) is 0 Å². The van der Waals surface area contributed by atoms with Crippen LogP contribution in [0.3, 0.4) is 0 Å². The molecule has 3 aromatic heterocycles. The lowest BCUT2D eigenvalue weighted by molar-refractivity contribution is -0.129. The summed E-state index contributed by atoms with van der Waals surface area (Å²) in [5, 5.41) is 12.7. The van der Waals surface area contributed by atoms with Crippen molar-refractivity contribution in [2.75, 3.05) is 18.8 Å². The van der Waals surface area contributed by atoms with E-state index >= 15 is 0 Å². The molecule has 0 bridgehead atoms. The van der Waals surface area contributed by atoms with E-state index in [-0.39, 0.29) is 5.91 Å². The van der Waals surface area contributed by atoms with Gasteiger partial charge in [0.25, 0.3) is 0 Å². The molecule has 160 valence electrons. The number of rotatable bonds is 6. The molecular formula is C22H23N5OS3. The number of piperidine rings is 1. The Balaban J connectivity index is 1.14. The third-order valence-electron chi connectivity index (χ3n) is 5.67. The molecule has 0 unspecified atom stereocenters. The topological polar surface area (TPSA) is 63.9 Å². The molecule has 0 radical (unpaired) electrons. The number of carbonyl (C=O) groups is 1. The Labute approximate surface area is 193 Å². The van der Waals surface area contributed by atoms with Gasteiger partial charge in [-0.1, -0.05) is 30.0 Å². The first kappa shape index (κ1) is 20.7. The van der Waals surface area contributed by atoms with Crippen molar-refractivity contribution in [1.82, 2.24) is 24.6 Å². The van der Waals surface area contributed by atoms with E-state index in [0.29, 0.717) is 11.7 Å². The zero-order valence-electron chi connectivity index (χ0n) is 17.2. The molecule has 9 heteroatoms. The number of aromatic nitrogens is 4. The third kappa shape index (κ3) is 4.53. The summed E-state index contributed by atoms with van der Waals surface area (Å²) >= 11 is 4.98. The standard InChI is InChI=1S/C22H23N5OS3/c1-26-19(13-16-5-4-12-29-16)24-25-22(26)30-14-20(28)27-10-8-15(9-11-27)21-23-17-6-2-3-7-18(17)31-21/h2-7,12,15H,8-11,13-14H2,1H3.